The van der Waals surface area contributed by atoms with Crippen LogP contribution in [0.3, 0.4) is 0 Å². The Morgan fingerprint density at radius 2 is 1.91 bits per heavy atom. The first kappa shape index (κ1) is 24.0. The fourth-order valence-electron chi connectivity index (χ4n) is 4.50. The lowest BCUT2D eigenvalue weighted by atomic mass is 9.74. The van der Waals surface area contributed by atoms with Gasteiger partial charge in [-0.1, -0.05) is 30.7 Å². The van der Waals surface area contributed by atoms with Crippen molar-refractivity contribution >= 4 is 40.7 Å². The number of rotatable bonds is 6. The topological polar surface area (TPSA) is 71.5 Å². The van der Waals surface area contributed by atoms with E-state index in [0.29, 0.717) is 23.5 Å². The maximum absolute atomic E-state index is 6.12. The minimum atomic E-state index is -0.0700. The van der Waals surface area contributed by atoms with Crippen LogP contribution in [0.2, 0.25) is 5.02 Å². The van der Waals surface area contributed by atoms with Crippen LogP contribution in [0.4, 0.5) is 11.8 Å². The van der Waals surface area contributed by atoms with Crippen molar-refractivity contribution in [1.29, 1.82) is 0 Å². The van der Waals surface area contributed by atoms with Crippen molar-refractivity contribution in [2.24, 2.45) is 5.92 Å². The Balaban J connectivity index is 1.44. The molecule has 0 saturated carbocycles. The summed E-state index contributed by atoms with van der Waals surface area (Å²) in [7, 11) is 1.62. The summed E-state index contributed by atoms with van der Waals surface area (Å²) in [4.78, 5) is 11.4. The van der Waals surface area contributed by atoms with Gasteiger partial charge in [0.05, 0.1) is 7.11 Å². The molecule has 2 aliphatic rings. The minimum Gasteiger partial charge on any atom is -0.481 e. The maximum atomic E-state index is 6.12. The Morgan fingerprint density at radius 1 is 1.21 bits per heavy atom. The van der Waals surface area contributed by atoms with Crippen molar-refractivity contribution in [2.45, 2.75) is 38.0 Å². The van der Waals surface area contributed by atoms with Gasteiger partial charge in [0, 0.05) is 49.4 Å². The van der Waals surface area contributed by atoms with Gasteiger partial charge in [-0.3, -0.25) is 0 Å². The number of ether oxygens (including phenoxy) is 2. The zero-order valence-electron chi connectivity index (χ0n) is 19.3. The quantitative estimate of drug-likeness (QED) is 0.578. The molecule has 0 amide bonds. The molecule has 2 aromatic rings. The van der Waals surface area contributed by atoms with E-state index in [1.54, 1.807) is 7.11 Å². The van der Waals surface area contributed by atoms with Gasteiger partial charge in [0.1, 0.15) is 5.82 Å². The van der Waals surface area contributed by atoms with Gasteiger partial charge in [0.2, 0.25) is 11.8 Å². The molecular weight excluding hydrogens is 458 g/mol. The number of benzene rings is 1. The highest BCUT2D eigenvalue weighted by atomic mass is 35.5. The first-order valence-electron chi connectivity index (χ1n) is 11.5. The van der Waals surface area contributed by atoms with Crippen LogP contribution in [0, 0.1) is 5.92 Å². The Morgan fingerprint density at radius 3 is 2.58 bits per heavy atom. The normalized spacial score (nSPS) is 18.6. The van der Waals surface area contributed by atoms with Gasteiger partial charge in [-0.25, -0.2) is 0 Å². The zero-order chi connectivity index (χ0) is 23.3. The van der Waals surface area contributed by atoms with Gasteiger partial charge in [0.25, 0.3) is 0 Å². The van der Waals surface area contributed by atoms with E-state index in [1.807, 2.05) is 18.2 Å². The van der Waals surface area contributed by atoms with Crippen LogP contribution >= 0.6 is 23.8 Å². The van der Waals surface area contributed by atoms with E-state index in [0.717, 1.165) is 68.7 Å². The Kier molecular flexibility index (Phi) is 7.88. The predicted octanol–water partition coefficient (Wildman–Crippen LogP) is 4.41. The molecule has 1 aromatic carbocycles. The summed E-state index contributed by atoms with van der Waals surface area (Å²) in [6, 6.07) is 9.97. The molecule has 3 heterocycles. The molecule has 4 rings (SSSR count). The molecule has 0 unspecified atom stereocenters. The fourth-order valence-corrected chi connectivity index (χ4v) is 4.79. The summed E-state index contributed by atoms with van der Waals surface area (Å²) in [6.45, 7) is 6.39. The highest BCUT2D eigenvalue weighted by Crippen LogP contribution is 2.35. The number of thiocarbonyl (C=S) groups is 1. The van der Waals surface area contributed by atoms with Crippen LogP contribution in [0.25, 0.3) is 0 Å². The van der Waals surface area contributed by atoms with Gasteiger partial charge in [-0.2, -0.15) is 9.97 Å². The first-order chi connectivity index (χ1) is 16.0. The third-order valence-electron chi connectivity index (χ3n) is 6.73. The highest BCUT2D eigenvalue weighted by Gasteiger charge is 2.34. The molecule has 0 radical (unpaired) electrons. The molecule has 2 N–H and O–H groups in total. The van der Waals surface area contributed by atoms with Crippen molar-refractivity contribution in [2.75, 3.05) is 50.2 Å². The average Bonchev–Trinajstić information content (AvgIpc) is 2.84. The smallest absolute Gasteiger partial charge is 0.234 e. The minimum absolute atomic E-state index is 0.0700. The molecule has 2 fully saturated rings. The number of methoxy groups -OCH3 is 1. The summed E-state index contributed by atoms with van der Waals surface area (Å²) in [6.07, 6.45) is 4.14. The van der Waals surface area contributed by atoms with E-state index in [4.69, 9.17) is 38.3 Å². The summed E-state index contributed by atoms with van der Waals surface area (Å²) in [5, 5.41) is 7.78. The Hall–Kier alpha value is -2.16. The first-order valence-corrected chi connectivity index (χ1v) is 12.3. The van der Waals surface area contributed by atoms with E-state index in [1.165, 1.54) is 5.56 Å². The summed E-state index contributed by atoms with van der Waals surface area (Å²) >= 11 is 11.7. The highest BCUT2D eigenvalue weighted by molar-refractivity contribution is 7.80. The summed E-state index contributed by atoms with van der Waals surface area (Å²) < 4.78 is 11.1. The predicted molar refractivity (Wildman–Crippen MR) is 137 cm³/mol. The van der Waals surface area contributed by atoms with E-state index < -0.39 is 0 Å². The van der Waals surface area contributed by atoms with Gasteiger partial charge >= 0.3 is 0 Å². The average molecular weight is 490 g/mol. The lowest BCUT2D eigenvalue weighted by Gasteiger charge is -2.38. The Labute approximate surface area is 206 Å². The van der Waals surface area contributed by atoms with Crippen LogP contribution in [-0.2, 0) is 10.2 Å². The SMILES string of the molecule is COc1cc(N2CCC(C)CC2)nc(NC(=S)NCC2(c3ccc(Cl)cc3)CCOCC2)n1. The second-order valence-corrected chi connectivity index (χ2v) is 9.81. The monoisotopic (exact) mass is 489 g/mol. The molecule has 33 heavy (non-hydrogen) atoms. The number of hydrogen-bond acceptors (Lipinski definition) is 6. The third-order valence-corrected chi connectivity index (χ3v) is 7.22. The van der Waals surface area contributed by atoms with E-state index in [2.05, 4.69) is 39.6 Å². The van der Waals surface area contributed by atoms with Gasteiger partial charge in [0.15, 0.2) is 5.11 Å². The van der Waals surface area contributed by atoms with Crippen molar-refractivity contribution in [3.05, 3.63) is 40.9 Å². The van der Waals surface area contributed by atoms with Crippen LogP contribution in [0.1, 0.15) is 38.2 Å². The van der Waals surface area contributed by atoms with Crippen molar-refractivity contribution in [3.8, 4) is 5.88 Å². The van der Waals surface area contributed by atoms with E-state index in [9.17, 15) is 0 Å². The molecule has 0 bridgehead atoms. The van der Waals surface area contributed by atoms with Crippen LogP contribution in [0.15, 0.2) is 30.3 Å². The second-order valence-electron chi connectivity index (χ2n) is 8.97. The van der Waals surface area contributed by atoms with Crippen molar-refractivity contribution in [1.82, 2.24) is 15.3 Å². The zero-order valence-corrected chi connectivity index (χ0v) is 20.8. The molecule has 2 saturated heterocycles. The Bertz CT molecular complexity index is 944. The van der Waals surface area contributed by atoms with Gasteiger partial charge in [-0.15, -0.1) is 0 Å². The van der Waals surface area contributed by atoms with Gasteiger partial charge in [-0.05, 0) is 61.5 Å². The van der Waals surface area contributed by atoms with E-state index in [-0.39, 0.29) is 5.41 Å². The molecule has 0 aliphatic carbocycles. The fraction of sp³-hybridized carbons (Fsp3) is 0.542. The molecule has 0 atom stereocenters. The maximum Gasteiger partial charge on any atom is 0.234 e. The summed E-state index contributed by atoms with van der Waals surface area (Å²) in [5.41, 5.74) is 1.17. The van der Waals surface area contributed by atoms with Crippen molar-refractivity contribution < 1.29 is 9.47 Å². The number of nitrogens with one attached hydrogen (secondary N) is 2. The third kappa shape index (κ3) is 6.05. The van der Waals surface area contributed by atoms with Gasteiger partial charge < -0.3 is 25.0 Å². The number of nitrogens with zero attached hydrogens (tertiary/aromatic N) is 3. The summed E-state index contributed by atoms with van der Waals surface area (Å²) in [5.74, 6) is 2.57. The van der Waals surface area contributed by atoms with Crippen LogP contribution in [0.5, 0.6) is 5.88 Å². The lowest BCUT2D eigenvalue weighted by Crippen LogP contribution is -2.45. The largest absolute Gasteiger partial charge is 0.481 e. The molecule has 9 heteroatoms. The second kappa shape index (κ2) is 10.8. The number of hydrogen-bond donors (Lipinski definition) is 2. The standard InChI is InChI=1S/C24H32ClN5O2S/c1-17-7-11-30(12-8-17)20-15-21(31-2)28-22(27-20)29-23(33)26-16-24(9-13-32-14-10-24)18-3-5-19(25)6-4-18/h3-6,15,17H,7-14,16H2,1-2H3,(H2,26,27,28,29,33). The molecule has 0 spiro atoms. The molecule has 2 aliphatic heterocycles. The van der Waals surface area contributed by atoms with Crippen LogP contribution in [-0.4, -0.2) is 55.0 Å². The molecular formula is C24H32ClN5O2S. The molecule has 178 valence electrons. The van der Waals surface area contributed by atoms with Crippen molar-refractivity contribution in [3.63, 3.8) is 0 Å². The number of piperidine rings is 1. The molecule has 1 aromatic heterocycles. The number of halogens is 1. The lowest BCUT2D eigenvalue weighted by molar-refractivity contribution is 0.0515. The van der Waals surface area contributed by atoms with Crippen LogP contribution < -0.4 is 20.3 Å². The molecule has 7 nitrogen and oxygen atoms in total. The number of anilines is 2. The number of aromatic nitrogens is 2. The van der Waals surface area contributed by atoms with E-state index >= 15 is 0 Å².